The van der Waals surface area contributed by atoms with Gasteiger partial charge in [0.05, 0.1) is 0 Å². The fourth-order valence-corrected chi connectivity index (χ4v) is 2.12. The van der Waals surface area contributed by atoms with Gasteiger partial charge in [0.25, 0.3) is 0 Å². The molecule has 1 aliphatic rings. The lowest BCUT2D eigenvalue weighted by atomic mass is 9.85. The summed E-state index contributed by atoms with van der Waals surface area (Å²) >= 11 is 0. The Kier molecular flexibility index (Phi) is 3.74. The summed E-state index contributed by atoms with van der Waals surface area (Å²) in [5.74, 6) is -2.28. The zero-order valence-corrected chi connectivity index (χ0v) is 10.00. The molecule has 1 aromatic heterocycles. The van der Waals surface area contributed by atoms with Gasteiger partial charge in [0, 0.05) is 12.0 Å². The number of hydrogen-bond donors (Lipinski definition) is 3. The molecule has 1 heterocycles. The molecule has 4 N–H and O–H groups in total. The molecule has 9 heteroatoms. The van der Waals surface area contributed by atoms with Gasteiger partial charge in [-0.05, 0) is 19.3 Å². The molecule has 1 aromatic rings. The van der Waals surface area contributed by atoms with Crippen LogP contribution in [0.5, 0.6) is 0 Å². The van der Waals surface area contributed by atoms with Crippen molar-refractivity contribution in [3.05, 3.63) is 5.82 Å². The van der Waals surface area contributed by atoms with Gasteiger partial charge in [-0.3, -0.25) is 15.2 Å². The molecule has 2 rings (SSSR count). The smallest absolute Gasteiger partial charge is 0.328 e. The number of H-pyrrole nitrogens is 1. The van der Waals surface area contributed by atoms with E-state index in [9.17, 15) is 18.0 Å². The fraction of sp³-hybridized carbons (Fsp3) is 0.700. The monoisotopic (exact) mass is 277 g/mol. The van der Waals surface area contributed by atoms with E-state index < -0.39 is 12.0 Å². The van der Waals surface area contributed by atoms with Crippen LogP contribution in [0.15, 0.2) is 0 Å². The van der Waals surface area contributed by atoms with E-state index >= 15 is 0 Å². The first-order valence-electron chi connectivity index (χ1n) is 5.92. The minimum atomic E-state index is -4.61. The van der Waals surface area contributed by atoms with Gasteiger partial charge in [-0.2, -0.15) is 18.2 Å². The third kappa shape index (κ3) is 3.43. The summed E-state index contributed by atoms with van der Waals surface area (Å²) in [7, 11) is 0. The van der Waals surface area contributed by atoms with Crippen LogP contribution >= 0.6 is 0 Å². The third-order valence-electron chi connectivity index (χ3n) is 3.07. The summed E-state index contributed by atoms with van der Waals surface area (Å²) < 4.78 is 36.8. The molecule has 0 saturated heterocycles. The average Bonchev–Trinajstić information content (AvgIpc) is 2.77. The van der Waals surface area contributed by atoms with E-state index in [4.69, 9.17) is 5.73 Å². The lowest BCUT2D eigenvalue weighted by Crippen LogP contribution is -2.34. The molecule has 0 spiro atoms. The van der Waals surface area contributed by atoms with Crippen molar-refractivity contribution in [2.75, 3.05) is 5.32 Å². The molecule has 0 aromatic carbocycles. The molecule has 2 atom stereocenters. The van der Waals surface area contributed by atoms with Crippen molar-refractivity contribution in [2.45, 2.75) is 37.9 Å². The normalized spacial score (nSPS) is 24.2. The Labute approximate surface area is 107 Å². The SMILES string of the molecule is NC1CCCC(C(=O)Nc2n[nH]c(C(F)(F)F)n2)C1. The molecule has 6 nitrogen and oxygen atoms in total. The van der Waals surface area contributed by atoms with Gasteiger partial charge < -0.3 is 5.73 Å². The number of alkyl halides is 3. The van der Waals surface area contributed by atoms with Crippen LogP contribution in [0.25, 0.3) is 0 Å². The lowest BCUT2D eigenvalue weighted by Gasteiger charge is -2.25. The maximum atomic E-state index is 12.3. The van der Waals surface area contributed by atoms with E-state index in [2.05, 4.69) is 15.4 Å². The Bertz CT molecular complexity index is 458. The minimum Gasteiger partial charge on any atom is -0.328 e. The predicted octanol–water partition coefficient (Wildman–Crippen LogP) is 1.28. The van der Waals surface area contributed by atoms with Crippen LogP contribution in [0.3, 0.4) is 0 Å². The molecular formula is C10H14F3N5O. The number of nitrogens with one attached hydrogen (secondary N) is 2. The van der Waals surface area contributed by atoms with Crippen molar-refractivity contribution < 1.29 is 18.0 Å². The van der Waals surface area contributed by atoms with Crippen molar-refractivity contribution in [1.29, 1.82) is 0 Å². The second-order valence-corrected chi connectivity index (χ2v) is 4.62. The zero-order valence-electron chi connectivity index (χ0n) is 10.00. The molecule has 1 aliphatic carbocycles. The van der Waals surface area contributed by atoms with Crippen LogP contribution in [0.4, 0.5) is 19.1 Å². The number of amides is 1. The van der Waals surface area contributed by atoms with Crippen molar-refractivity contribution in [3.63, 3.8) is 0 Å². The first-order chi connectivity index (χ1) is 8.86. The summed E-state index contributed by atoms with van der Waals surface area (Å²) in [6.07, 6.45) is -1.70. The second-order valence-electron chi connectivity index (χ2n) is 4.62. The highest BCUT2D eigenvalue weighted by Gasteiger charge is 2.35. The number of carbonyl (C=O) groups excluding carboxylic acids is 1. The highest BCUT2D eigenvalue weighted by atomic mass is 19.4. The van der Waals surface area contributed by atoms with Crippen LogP contribution in [-0.4, -0.2) is 27.1 Å². The van der Waals surface area contributed by atoms with E-state index in [0.717, 1.165) is 12.8 Å². The van der Waals surface area contributed by atoms with Crippen LogP contribution in [0.1, 0.15) is 31.5 Å². The molecular weight excluding hydrogens is 263 g/mol. The summed E-state index contributed by atoms with van der Waals surface area (Å²) in [5.41, 5.74) is 5.75. The summed E-state index contributed by atoms with van der Waals surface area (Å²) in [4.78, 5) is 15.0. The number of rotatable bonds is 2. The molecule has 1 fully saturated rings. The van der Waals surface area contributed by atoms with Crippen LogP contribution < -0.4 is 11.1 Å². The lowest BCUT2D eigenvalue weighted by molar-refractivity contribution is -0.144. The molecule has 0 bridgehead atoms. The molecule has 19 heavy (non-hydrogen) atoms. The van der Waals surface area contributed by atoms with E-state index in [1.54, 1.807) is 5.10 Å². The predicted molar refractivity (Wildman–Crippen MR) is 59.9 cm³/mol. The number of anilines is 1. The average molecular weight is 277 g/mol. The van der Waals surface area contributed by atoms with E-state index in [1.807, 2.05) is 0 Å². The number of hydrogen-bond acceptors (Lipinski definition) is 4. The van der Waals surface area contributed by atoms with Crippen molar-refractivity contribution in [2.24, 2.45) is 11.7 Å². The van der Waals surface area contributed by atoms with Gasteiger partial charge in [0.2, 0.25) is 17.7 Å². The molecule has 0 radical (unpaired) electrons. The Morgan fingerprint density at radius 1 is 1.42 bits per heavy atom. The van der Waals surface area contributed by atoms with Crippen molar-refractivity contribution in [1.82, 2.24) is 15.2 Å². The maximum absolute atomic E-state index is 12.3. The number of nitrogens with two attached hydrogens (primary N) is 1. The Morgan fingerprint density at radius 2 is 2.16 bits per heavy atom. The van der Waals surface area contributed by atoms with Crippen molar-refractivity contribution in [3.8, 4) is 0 Å². The number of aromatic nitrogens is 3. The summed E-state index contributed by atoms with van der Waals surface area (Å²) in [5, 5.41) is 7.33. The van der Waals surface area contributed by atoms with Gasteiger partial charge in [-0.15, -0.1) is 5.10 Å². The van der Waals surface area contributed by atoms with Crippen LogP contribution in [0, 0.1) is 5.92 Å². The zero-order chi connectivity index (χ0) is 14.0. The quantitative estimate of drug-likeness (QED) is 0.758. The summed E-state index contributed by atoms with van der Waals surface area (Å²) in [6, 6.07) is -0.0395. The molecule has 2 unspecified atom stereocenters. The minimum absolute atomic E-state index is 0.0395. The number of carbonyl (C=O) groups is 1. The highest BCUT2D eigenvalue weighted by molar-refractivity contribution is 5.90. The molecule has 1 amide bonds. The molecule has 1 saturated carbocycles. The van der Waals surface area contributed by atoms with Crippen LogP contribution in [-0.2, 0) is 11.0 Å². The topological polar surface area (TPSA) is 96.7 Å². The molecule has 106 valence electrons. The Hall–Kier alpha value is -1.64. The van der Waals surface area contributed by atoms with Crippen LogP contribution in [0.2, 0.25) is 0 Å². The van der Waals surface area contributed by atoms with Gasteiger partial charge in [-0.1, -0.05) is 6.42 Å². The standard InChI is InChI=1S/C10H14F3N5O/c11-10(12,13)8-16-9(18-17-8)15-7(19)5-2-1-3-6(14)4-5/h5-6H,1-4,14H2,(H2,15,16,17,18,19). The second kappa shape index (κ2) is 5.16. The van der Waals surface area contributed by atoms with Gasteiger partial charge in [0.15, 0.2) is 0 Å². The summed E-state index contributed by atoms with van der Waals surface area (Å²) in [6.45, 7) is 0. The van der Waals surface area contributed by atoms with E-state index in [1.165, 1.54) is 0 Å². The largest absolute Gasteiger partial charge is 0.451 e. The first kappa shape index (κ1) is 13.8. The Balaban J connectivity index is 1.97. The highest BCUT2D eigenvalue weighted by Crippen LogP contribution is 2.27. The number of nitrogens with zero attached hydrogens (tertiary/aromatic N) is 2. The van der Waals surface area contributed by atoms with E-state index in [0.29, 0.717) is 12.8 Å². The first-order valence-corrected chi connectivity index (χ1v) is 5.92. The fourth-order valence-electron chi connectivity index (χ4n) is 2.12. The Morgan fingerprint density at radius 3 is 2.74 bits per heavy atom. The number of halogens is 3. The van der Waals surface area contributed by atoms with Gasteiger partial charge in [-0.25, -0.2) is 0 Å². The van der Waals surface area contributed by atoms with Crippen molar-refractivity contribution >= 4 is 11.9 Å². The maximum Gasteiger partial charge on any atom is 0.451 e. The van der Waals surface area contributed by atoms with Gasteiger partial charge >= 0.3 is 6.18 Å². The van der Waals surface area contributed by atoms with E-state index in [-0.39, 0.29) is 23.8 Å². The molecule has 0 aliphatic heterocycles. The third-order valence-corrected chi connectivity index (χ3v) is 3.07. The van der Waals surface area contributed by atoms with Gasteiger partial charge in [0.1, 0.15) is 0 Å². The number of aromatic amines is 1.